The molecule has 0 aromatic heterocycles. The van der Waals surface area contributed by atoms with Crippen LogP contribution in [0.1, 0.15) is 18.4 Å². The van der Waals surface area contributed by atoms with E-state index < -0.39 is 12.0 Å². The highest BCUT2D eigenvalue weighted by atomic mass is 79.9. The van der Waals surface area contributed by atoms with Gasteiger partial charge in [0.15, 0.2) is 0 Å². The minimum atomic E-state index is -0.633. The second-order valence-corrected chi connectivity index (χ2v) is 3.81. The molecule has 0 radical (unpaired) electrons. The summed E-state index contributed by atoms with van der Waals surface area (Å²) in [5, 5.41) is 18.1. The van der Waals surface area contributed by atoms with Gasteiger partial charge in [0.25, 0.3) is 0 Å². The lowest BCUT2D eigenvalue weighted by atomic mass is 9.96. The topological polar surface area (TPSA) is 44.0 Å². The molecule has 0 saturated carbocycles. The van der Waals surface area contributed by atoms with Gasteiger partial charge in [-0.3, -0.25) is 0 Å². The molecule has 2 atom stereocenters. The predicted octanol–water partition coefficient (Wildman–Crippen LogP) is 2.44. The van der Waals surface area contributed by atoms with Crippen molar-refractivity contribution in [2.45, 2.75) is 18.9 Å². The van der Waals surface area contributed by atoms with E-state index in [4.69, 9.17) is 5.26 Å². The molecule has 0 saturated heterocycles. The van der Waals surface area contributed by atoms with Gasteiger partial charge >= 0.3 is 0 Å². The van der Waals surface area contributed by atoms with Gasteiger partial charge in [0, 0.05) is 4.47 Å². The highest BCUT2D eigenvalue weighted by Crippen LogP contribution is 2.20. The molecular weight excluding hydrogens is 230 g/mol. The molecule has 3 heteroatoms. The molecule has 1 rings (SSSR count). The quantitative estimate of drug-likeness (QED) is 0.862. The monoisotopic (exact) mass is 239 g/mol. The third-order valence-corrected chi connectivity index (χ3v) is 2.38. The second kappa shape index (κ2) is 4.40. The lowest BCUT2D eigenvalue weighted by Crippen LogP contribution is -2.12. The third-order valence-electron chi connectivity index (χ3n) is 1.85. The number of nitriles is 1. The van der Waals surface area contributed by atoms with Crippen molar-refractivity contribution >= 4 is 15.9 Å². The molecule has 0 bridgehead atoms. The molecule has 0 amide bonds. The van der Waals surface area contributed by atoms with Crippen LogP contribution < -0.4 is 0 Å². The summed E-state index contributed by atoms with van der Waals surface area (Å²) in [4.78, 5) is 0. The molecule has 1 aromatic carbocycles. The smallest absolute Gasteiger partial charge is 0.0969 e. The van der Waals surface area contributed by atoms with Crippen LogP contribution in [-0.2, 0) is 0 Å². The number of nitrogens with zero attached hydrogens (tertiary/aromatic N) is 1. The van der Waals surface area contributed by atoms with E-state index in [9.17, 15) is 5.11 Å². The van der Waals surface area contributed by atoms with Gasteiger partial charge < -0.3 is 5.11 Å². The summed E-state index contributed by atoms with van der Waals surface area (Å²) in [5.74, 6) is -0.437. The van der Waals surface area contributed by atoms with Gasteiger partial charge in [-0.2, -0.15) is 5.26 Å². The summed E-state index contributed by atoms with van der Waals surface area (Å²) in [7, 11) is 0. The van der Waals surface area contributed by atoms with Gasteiger partial charge in [-0.25, -0.2) is 0 Å². The number of rotatable bonds is 2. The Balaban J connectivity index is 2.94. The van der Waals surface area contributed by atoms with E-state index in [0.29, 0.717) is 0 Å². The summed E-state index contributed by atoms with van der Waals surface area (Å²) in [5.41, 5.74) is 0.848. The first-order chi connectivity index (χ1) is 6.15. The Morgan fingerprint density at radius 1 is 1.38 bits per heavy atom. The first-order valence-electron chi connectivity index (χ1n) is 3.98. The standard InChI is InChI=1S/C10H10BrNO/c1-7(13)10(6-12)8-2-4-9(11)5-3-8/h2-5,7,10,13H,1H3. The van der Waals surface area contributed by atoms with Crippen LogP contribution in [0.2, 0.25) is 0 Å². The van der Waals surface area contributed by atoms with Crippen molar-refractivity contribution < 1.29 is 5.11 Å². The van der Waals surface area contributed by atoms with Crippen LogP contribution in [0.3, 0.4) is 0 Å². The number of hydrogen-bond acceptors (Lipinski definition) is 2. The number of halogens is 1. The van der Waals surface area contributed by atoms with E-state index in [1.165, 1.54) is 0 Å². The van der Waals surface area contributed by atoms with Crippen molar-refractivity contribution in [3.63, 3.8) is 0 Å². The van der Waals surface area contributed by atoms with E-state index in [2.05, 4.69) is 22.0 Å². The van der Waals surface area contributed by atoms with E-state index in [-0.39, 0.29) is 0 Å². The molecule has 2 unspecified atom stereocenters. The number of aliphatic hydroxyl groups excluding tert-OH is 1. The van der Waals surface area contributed by atoms with Gasteiger partial charge in [0.1, 0.15) is 0 Å². The summed E-state index contributed by atoms with van der Waals surface area (Å²) in [6.07, 6.45) is -0.633. The Hall–Kier alpha value is -0.850. The number of aliphatic hydroxyl groups is 1. The Labute approximate surface area is 85.9 Å². The number of benzene rings is 1. The van der Waals surface area contributed by atoms with E-state index >= 15 is 0 Å². The maximum Gasteiger partial charge on any atom is 0.0969 e. The maximum atomic E-state index is 9.30. The van der Waals surface area contributed by atoms with Crippen LogP contribution in [0.4, 0.5) is 0 Å². The van der Waals surface area contributed by atoms with Crippen LogP contribution in [-0.4, -0.2) is 11.2 Å². The molecule has 2 nitrogen and oxygen atoms in total. The van der Waals surface area contributed by atoms with Crippen molar-refractivity contribution in [2.24, 2.45) is 0 Å². The van der Waals surface area contributed by atoms with E-state index in [0.717, 1.165) is 10.0 Å². The van der Waals surface area contributed by atoms with Gasteiger partial charge in [-0.15, -0.1) is 0 Å². The van der Waals surface area contributed by atoms with Crippen molar-refractivity contribution in [1.29, 1.82) is 5.26 Å². The summed E-state index contributed by atoms with van der Waals surface area (Å²) >= 11 is 3.31. The molecule has 68 valence electrons. The lowest BCUT2D eigenvalue weighted by Gasteiger charge is -2.11. The van der Waals surface area contributed by atoms with E-state index in [1.54, 1.807) is 6.92 Å². The zero-order valence-electron chi connectivity index (χ0n) is 7.24. The molecular formula is C10H10BrNO. The largest absolute Gasteiger partial charge is 0.392 e. The molecule has 13 heavy (non-hydrogen) atoms. The average Bonchev–Trinajstić information content (AvgIpc) is 2.09. The molecule has 0 aliphatic rings. The van der Waals surface area contributed by atoms with Crippen molar-refractivity contribution in [2.75, 3.05) is 0 Å². The molecule has 0 heterocycles. The van der Waals surface area contributed by atoms with Gasteiger partial charge in [0.2, 0.25) is 0 Å². The highest BCUT2D eigenvalue weighted by molar-refractivity contribution is 9.10. The fourth-order valence-corrected chi connectivity index (χ4v) is 1.40. The Bertz CT molecular complexity index is 313. The lowest BCUT2D eigenvalue weighted by molar-refractivity contribution is 0.181. The van der Waals surface area contributed by atoms with Crippen molar-refractivity contribution in [3.8, 4) is 6.07 Å². The zero-order valence-corrected chi connectivity index (χ0v) is 8.82. The van der Waals surface area contributed by atoms with Crippen LogP contribution in [0.5, 0.6) is 0 Å². The second-order valence-electron chi connectivity index (χ2n) is 2.90. The number of hydrogen-bond donors (Lipinski definition) is 1. The first kappa shape index (κ1) is 10.2. The van der Waals surface area contributed by atoms with E-state index in [1.807, 2.05) is 24.3 Å². The van der Waals surface area contributed by atoms with Crippen LogP contribution in [0.25, 0.3) is 0 Å². The Kier molecular flexibility index (Phi) is 3.47. The molecule has 0 fully saturated rings. The Morgan fingerprint density at radius 2 is 1.92 bits per heavy atom. The zero-order chi connectivity index (χ0) is 9.84. The summed E-state index contributed by atoms with van der Waals surface area (Å²) in [6.45, 7) is 1.62. The van der Waals surface area contributed by atoms with Crippen molar-refractivity contribution in [3.05, 3.63) is 34.3 Å². The molecule has 0 aliphatic heterocycles. The normalized spacial score (nSPS) is 14.6. The fraction of sp³-hybridized carbons (Fsp3) is 0.300. The Morgan fingerprint density at radius 3 is 2.31 bits per heavy atom. The first-order valence-corrected chi connectivity index (χ1v) is 4.77. The van der Waals surface area contributed by atoms with Crippen LogP contribution in [0.15, 0.2) is 28.7 Å². The maximum absolute atomic E-state index is 9.30. The third kappa shape index (κ3) is 2.55. The van der Waals surface area contributed by atoms with Gasteiger partial charge in [-0.05, 0) is 24.6 Å². The van der Waals surface area contributed by atoms with Gasteiger partial charge in [0.05, 0.1) is 18.1 Å². The molecule has 1 N–H and O–H groups in total. The minimum absolute atomic E-state index is 0.437. The van der Waals surface area contributed by atoms with Crippen LogP contribution >= 0.6 is 15.9 Å². The van der Waals surface area contributed by atoms with Crippen molar-refractivity contribution in [1.82, 2.24) is 0 Å². The summed E-state index contributed by atoms with van der Waals surface area (Å²) in [6, 6.07) is 9.47. The molecule has 0 spiro atoms. The fourth-order valence-electron chi connectivity index (χ4n) is 1.13. The molecule has 0 aliphatic carbocycles. The highest BCUT2D eigenvalue weighted by Gasteiger charge is 2.15. The SMILES string of the molecule is CC(O)C(C#N)c1ccc(Br)cc1. The van der Waals surface area contributed by atoms with Gasteiger partial charge in [-0.1, -0.05) is 28.1 Å². The average molecular weight is 240 g/mol. The van der Waals surface area contributed by atoms with Crippen LogP contribution in [0, 0.1) is 11.3 Å². The predicted molar refractivity (Wildman–Crippen MR) is 54.2 cm³/mol. The molecule has 1 aromatic rings. The summed E-state index contributed by atoms with van der Waals surface area (Å²) < 4.78 is 0.971. The minimum Gasteiger partial charge on any atom is -0.392 e.